The number of hydrogen-bond acceptors (Lipinski definition) is 3. The number of fused-ring (bicyclic) bond motifs is 1. The molecule has 1 heterocycles. The van der Waals surface area contributed by atoms with Crippen LogP contribution >= 0.6 is 0 Å². The zero-order valence-electron chi connectivity index (χ0n) is 12.0. The second-order valence-corrected chi connectivity index (χ2v) is 6.34. The van der Waals surface area contributed by atoms with E-state index in [1.165, 1.54) is 11.1 Å². The summed E-state index contributed by atoms with van der Waals surface area (Å²) in [5.74, 6) is 1.72. The number of nitrogens with two attached hydrogens (primary N) is 1. The maximum Gasteiger partial charge on any atom is 0.223 e. The molecule has 1 aromatic rings. The lowest BCUT2D eigenvalue weighted by atomic mass is 9.72. The van der Waals surface area contributed by atoms with E-state index in [0.29, 0.717) is 24.4 Å². The lowest BCUT2D eigenvalue weighted by Crippen LogP contribution is -2.44. The summed E-state index contributed by atoms with van der Waals surface area (Å²) in [6.45, 7) is 2.78. The molecule has 2 aliphatic rings. The third-order valence-electron chi connectivity index (χ3n) is 5.09. The predicted molar refractivity (Wildman–Crippen MR) is 78.0 cm³/mol. The predicted octanol–water partition coefficient (Wildman–Crippen LogP) is 1.42. The van der Waals surface area contributed by atoms with E-state index in [1.807, 2.05) is 12.3 Å². The highest BCUT2D eigenvalue weighted by molar-refractivity contribution is 5.79. The first-order valence-corrected chi connectivity index (χ1v) is 7.58. The molecule has 0 aromatic carbocycles. The van der Waals surface area contributed by atoms with Crippen molar-refractivity contribution in [3.05, 3.63) is 29.6 Å². The lowest BCUT2D eigenvalue weighted by molar-refractivity contribution is -0.124. The molecule has 3 rings (SSSR count). The number of aromatic nitrogens is 1. The van der Waals surface area contributed by atoms with Crippen LogP contribution in [0.2, 0.25) is 0 Å². The topological polar surface area (TPSA) is 68.0 Å². The number of amides is 1. The van der Waals surface area contributed by atoms with Crippen molar-refractivity contribution < 1.29 is 4.79 Å². The fraction of sp³-hybridized carbons (Fsp3) is 0.625. The van der Waals surface area contributed by atoms with Crippen LogP contribution in [0.1, 0.15) is 30.4 Å². The van der Waals surface area contributed by atoms with Crippen LogP contribution in [0.4, 0.5) is 0 Å². The minimum atomic E-state index is 0.188. The van der Waals surface area contributed by atoms with Gasteiger partial charge in [-0.1, -0.05) is 0 Å². The molecule has 2 saturated carbocycles. The first-order valence-electron chi connectivity index (χ1n) is 7.58. The third-order valence-corrected chi connectivity index (χ3v) is 5.09. The zero-order valence-corrected chi connectivity index (χ0v) is 12.0. The van der Waals surface area contributed by atoms with Gasteiger partial charge in [0.25, 0.3) is 0 Å². The van der Waals surface area contributed by atoms with E-state index in [2.05, 4.69) is 17.2 Å². The highest BCUT2D eigenvalue weighted by Gasteiger charge is 2.47. The van der Waals surface area contributed by atoms with Gasteiger partial charge in [-0.2, -0.15) is 0 Å². The Hall–Kier alpha value is -1.42. The fourth-order valence-electron chi connectivity index (χ4n) is 3.72. The molecule has 0 spiro atoms. The molecule has 108 valence electrons. The number of nitrogens with zero attached hydrogens (tertiary/aromatic N) is 1. The SMILES string of the molecule is Cc1ccncc1CCNC(=O)C1C[C@@H]2C[C@H](N)[C@@H]2C1. The van der Waals surface area contributed by atoms with Gasteiger partial charge in [0, 0.05) is 30.9 Å². The van der Waals surface area contributed by atoms with Crippen molar-refractivity contribution in [3.63, 3.8) is 0 Å². The Labute approximate surface area is 120 Å². The number of hydrogen-bond donors (Lipinski definition) is 2. The number of rotatable bonds is 4. The van der Waals surface area contributed by atoms with Crippen LogP contribution in [0.25, 0.3) is 0 Å². The molecular weight excluding hydrogens is 250 g/mol. The van der Waals surface area contributed by atoms with E-state index in [0.717, 1.165) is 25.7 Å². The molecular formula is C16H23N3O. The third kappa shape index (κ3) is 2.57. The van der Waals surface area contributed by atoms with Gasteiger partial charge in [-0.25, -0.2) is 0 Å². The van der Waals surface area contributed by atoms with E-state index in [9.17, 15) is 4.79 Å². The largest absolute Gasteiger partial charge is 0.356 e. The van der Waals surface area contributed by atoms with Crippen LogP contribution in [0.3, 0.4) is 0 Å². The molecule has 1 aromatic heterocycles. The molecule has 3 N–H and O–H groups in total. The molecule has 0 aliphatic heterocycles. The minimum absolute atomic E-state index is 0.188. The summed E-state index contributed by atoms with van der Waals surface area (Å²) >= 11 is 0. The van der Waals surface area contributed by atoms with Gasteiger partial charge in [-0.3, -0.25) is 9.78 Å². The number of nitrogens with one attached hydrogen (secondary N) is 1. The van der Waals surface area contributed by atoms with Gasteiger partial charge in [0.15, 0.2) is 0 Å². The molecule has 4 heteroatoms. The van der Waals surface area contributed by atoms with Gasteiger partial charge in [0.1, 0.15) is 0 Å². The van der Waals surface area contributed by atoms with Gasteiger partial charge in [0.05, 0.1) is 0 Å². The van der Waals surface area contributed by atoms with Gasteiger partial charge in [-0.05, 0) is 61.6 Å². The van der Waals surface area contributed by atoms with E-state index in [1.54, 1.807) is 6.20 Å². The Morgan fingerprint density at radius 2 is 2.30 bits per heavy atom. The molecule has 0 radical (unpaired) electrons. The van der Waals surface area contributed by atoms with E-state index in [4.69, 9.17) is 5.73 Å². The molecule has 0 bridgehead atoms. The van der Waals surface area contributed by atoms with E-state index in [-0.39, 0.29) is 11.8 Å². The Kier molecular flexibility index (Phi) is 3.74. The van der Waals surface area contributed by atoms with Crippen molar-refractivity contribution in [2.45, 2.75) is 38.6 Å². The Morgan fingerprint density at radius 3 is 3.00 bits per heavy atom. The number of aryl methyl sites for hydroxylation is 1. The Balaban J connectivity index is 1.45. The van der Waals surface area contributed by atoms with Gasteiger partial charge < -0.3 is 11.1 Å². The van der Waals surface area contributed by atoms with Crippen molar-refractivity contribution in [2.75, 3.05) is 6.54 Å². The Bertz CT molecular complexity index is 502. The average molecular weight is 273 g/mol. The van der Waals surface area contributed by atoms with Crippen LogP contribution in [0.5, 0.6) is 0 Å². The normalized spacial score (nSPS) is 31.5. The first-order chi connectivity index (χ1) is 9.65. The smallest absolute Gasteiger partial charge is 0.223 e. The molecule has 20 heavy (non-hydrogen) atoms. The van der Waals surface area contributed by atoms with Gasteiger partial charge in [-0.15, -0.1) is 0 Å². The summed E-state index contributed by atoms with van der Waals surface area (Å²) in [4.78, 5) is 16.3. The van der Waals surface area contributed by atoms with Crippen LogP contribution in [-0.4, -0.2) is 23.5 Å². The van der Waals surface area contributed by atoms with Crippen LogP contribution in [0, 0.1) is 24.7 Å². The molecule has 1 unspecified atom stereocenters. The summed E-state index contributed by atoms with van der Waals surface area (Å²) in [5, 5.41) is 3.08. The summed E-state index contributed by atoms with van der Waals surface area (Å²) < 4.78 is 0. The van der Waals surface area contributed by atoms with Gasteiger partial charge >= 0.3 is 0 Å². The molecule has 2 fully saturated rings. The molecule has 4 atom stereocenters. The van der Waals surface area contributed by atoms with Crippen molar-refractivity contribution >= 4 is 5.91 Å². The number of carbonyl (C=O) groups excluding carboxylic acids is 1. The maximum absolute atomic E-state index is 12.2. The summed E-state index contributed by atoms with van der Waals surface area (Å²) in [5.41, 5.74) is 8.43. The highest BCUT2D eigenvalue weighted by Crippen LogP contribution is 2.48. The fourth-order valence-corrected chi connectivity index (χ4v) is 3.72. The number of carbonyl (C=O) groups is 1. The van der Waals surface area contributed by atoms with Crippen molar-refractivity contribution in [2.24, 2.45) is 23.5 Å². The van der Waals surface area contributed by atoms with Crippen LogP contribution in [-0.2, 0) is 11.2 Å². The zero-order chi connectivity index (χ0) is 14.1. The Morgan fingerprint density at radius 1 is 1.45 bits per heavy atom. The summed E-state index contributed by atoms with van der Waals surface area (Å²) in [6.07, 6.45) is 7.68. The minimum Gasteiger partial charge on any atom is -0.356 e. The highest BCUT2D eigenvalue weighted by atomic mass is 16.1. The quantitative estimate of drug-likeness (QED) is 0.872. The molecule has 4 nitrogen and oxygen atoms in total. The van der Waals surface area contributed by atoms with Crippen LogP contribution < -0.4 is 11.1 Å². The summed E-state index contributed by atoms with van der Waals surface area (Å²) in [6, 6.07) is 2.35. The maximum atomic E-state index is 12.2. The molecule has 1 amide bonds. The van der Waals surface area contributed by atoms with Crippen molar-refractivity contribution in [3.8, 4) is 0 Å². The lowest BCUT2D eigenvalue weighted by Gasteiger charge is -2.37. The first kappa shape index (κ1) is 13.6. The van der Waals surface area contributed by atoms with Crippen molar-refractivity contribution in [1.29, 1.82) is 0 Å². The second-order valence-electron chi connectivity index (χ2n) is 6.34. The monoisotopic (exact) mass is 273 g/mol. The number of pyridine rings is 1. The second kappa shape index (κ2) is 5.52. The van der Waals surface area contributed by atoms with E-state index >= 15 is 0 Å². The standard InChI is InChI=1S/C16H23N3O/c1-10-2-4-18-9-11(10)3-5-19-16(20)13-6-12-8-15(17)14(12)7-13/h2,4,9,12-15H,3,5-8,17H2,1H3,(H,19,20)/t12-,13?,14-,15+/m1/s1. The van der Waals surface area contributed by atoms with E-state index < -0.39 is 0 Å². The summed E-state index contributed by atoms with van der Waals surface area (Å²) in [7, 11) is 0. The molecule has 0 saturated heterocycles. The van der Waals surface area contributed by atoms with Crippen LogP contribution in [0.15, 0.2) is 18.5 Å². The molecule has 2 aliphatic carbocycles. The van der Waals surface area contributed by atoms with Gasteiger partial charge in [0.2, 0.25) is 5.91 Å². The van der Waals surface area contributed by atoms with Crippen molar-refractivity contribution in [1.82, 2.24) is 10.3 Å². The average Bonchev–Trinajstić information content (AvgIpc) is 2.78.